The highest BCUT2D eigenvalue weighted by Crippen LogP contribution is 2.49. The lowest BCUT2D eigenvalue weighted by molar-refractivity contribution is -0.121. The zero-order chi connectivity index (χ0) is 34.8. The summed E-state index contributed by atoms with van der Waals surface area (Å²) in [6, 6.07) is 14.8. The van der Waals surface area contributed by atoms with Gasteiger partial charge in [0.25, 0.3) is 15.9 Å². The van der Waals surface area contributed by atoms with Gasteiger partial charge in [-0.3, -0.25) is 4.79 Å². The van der Waals surface area contributed by atoms with Gasteiger partial charge in [0.1, 0.15) is 5.75 Å². The molecule has 3 amide bonds. The number of piperidine rings is 2. The Morgan fingerprint density at radius 3 is 2.29 bits per heavy atom. The van der Waals surface area contributed by atoms with E-state index in [4.69, 9.17) is 9.47 Å². The number of hydrogen-bond donors (Lipinski definition) is 1. The third-order valence-corrected chi connectivity index (χ3v) is 11.9. The third-order valence-electron chi connectivity index (χ3n) is 10.2. The molecular formula is C36H42N6O6S. The van der Waals surface area contributed by atoms with Crippen molar-refractivity contribution in [1.29, 1.82) is 5.26 Å². The number of nitriles is 1. The minimum atomic E-state index is -4.52. The Bertz CT molecular complexity index is 1850. The number of amides is 3. The quantitative estimate of drug-likeness (QED) is 0.344. The van der Waals surface area contributed by atoms with Gasteiger partial charge in [0, 0.05) is 24.8 Å². The summed E-state index contributed by atoms with van der Waals surface area (Å²) in [5.41, 5.74) is -1.58. The Balaban J connectivity index is 1.40. The highest BCUT2D eigenvalue weighted by atomic mass is 32.2. The molecule has 6 rings (SSSR count). The van der Waals surface area contributed by atoms with Gasteiger partial charge < -0.3 is 24.6 Å². The van der Waals surface area contributed by atoms with Crippen LogP contribution in [0.1, 0.15) is 56.2 Å². The van der Waals surface area contributed by atoms with Crippen LogP contribution in [0.2, 0.25) is 0 Å². The number of nitrogens with zero attached hydrogens (tertiary/aromatic N) is 5. The van der Waals surface area contributed by atoms with E-state index in [1.165, 1.54) is 55.8 Å². The molecule has 3 aromatic rings. The largest absolute Gasteiger partial charge is 0.497 e. The maximum atomic E-state index is 15.0. The van der Waals surface area contributed by atoms with E-state index < -0.39 is 27.5 Å². The van der Waals surface area contributed by atoms with E-state index in [0.29, 0.717) is 35.0 Å². The van der Waals surface area contributed by atoms with Crippen LogP contribution in [0.25, 0.3) is 0 Å². The lowest BCUT2D eigenvalue weighted by Gasteiger charge is -2.41. The standard InChI is InChI=1S/C36H42N6O6S/c1-4-40-19-14-26(15-20-40)27-16-21-41(22-17-27)35(44)39-36(30-7-6-18-38-33(30)48-5-2)31-23-25(24-37)8-13-32(31)42(34(36)43)49(45,46)29-11-9-28(47-3)10-12-29/h6-13,18,23,26-27H,4-5,14-17,19-22H2,1-3H3,(H,39,44). The van der Waals surface area contributed by atoms with E-state index in [1.807, 2.05) is 0 Å². The predicted octanol–water partition coefficient (Wildman–Crippen LogP) is 4.49. The van der Waals surface area contributed by atoms with Crippen molar-refractivity contribution < 1.29 is 27.5 Å². The van der Waals surface area contributed by atoms with E-state index in [9.17, 15) is 18.5 Å². The van der Waals surface area contributed by atoms with Crippen LogP contribution in [0.15, 0.2) is 65.7 Å². The molecule has 1 unspecified atom stereocenters. The van der Waals surface area contributed by atoms with Crippen LogP contribution in [-0.2, 0) is 20.4 Å². The SMILES string of the molecule is CCOc1ncccc1C1(NC(=O)N2CCC(C3CCN(CC)CC3)CC2)C(=O)N(S(=O)(=O)c2ccc(OC)cc2)c2ccc(C#N)cc21. The number of carbonyl (C=O) groups excluding carboxylic acids is 2. The summed E-state index contributed by atoms with van der Waals surface area (Å²) in [6.45, 7) is 8.41. The molecule has 4 heterocycles. The van der Waals surface area contributed by atoms with Crippen molar-refractivity contribution in [1.82, 2.24) is 20.1 Å². The molecule has 0 radical (unpaired) electrons. The minimum absolute atomic E-state index is 0.0172. The number of ether oxygens (including phenoxy) is 2. The molecule has 13 heteroatoms. The number of fused-ring (bicyclic) bond motifs is 1. The molecule has 0 spiro atoms. The van der Waals surface area contributed by atoms with Gasteiger partial charge >= 0.3 is 6.03 Å². The van der Waals surface area contributed by atoms with Gasteiger partial charge in [-0.25, -0.2) is 18.2 Å². The van der Waals surface area contributed by atoms with Crippen molar-refractivity contribution in [3.05, 3.63) is 77.5 Å². The molecule has 2 fully saturated rings. The van der Waals surface area contributed by atoms with E-state index in [1.54, 1.807) is 24.0 Å². The Labute approximate surface area is 287 Å². The van der Waals surface area contributed by atoms with Crippen molar-refractivity contribution in [2.75, 3.05) is 50.7 Å². The molecule has 2 aromatic carbocycles. The van der Waals surface area contributed by atoms with Crippen LogP contribution in [0, 0.1) is 23.2 Å². The maximum Gasteiger partial charge on any atom is 0.318 e. The monoisotopic (exact) mass is 686 g/mol. The fourth-order valence-electron chi connectivity index (χ4n) is 7.48. The molecule has 49 heavy (non-hydrogen) atoms. The van der Waals surface area contributed by atoms with Gasteiger partial charge in [-0.2, -0.15) is 9.57 Å². The number of likely N-dealkylation sites (tertiary alicyclic amines) is 2. The fraction of sp³-hybridized carbons (Fsp3) is 0.444. The molecule has 0 bridgehead atoms. The van der Waals surface area contributed by atoms with Gasteiger partial charge in [-0.1, -0.05) is 6.92 Å². The smallest absolute Gasteiger partial charge is 0.318 e. The van der Waals surface area contributed by atoms with E-state index in [-0.39, 0.29) is 39.8 Å². The lowest BCUT2D eigenvalue weighted by atomic mass is 9.79. The number of rotatable bonds is 9. The molecule has 12 nitrogen and oxygen atoms in total. The van der Waals surface area contributed by atoms with Crippen LogP contribution < -0.4 is 19.1 Å². The summed E-state index contributed by atoms with van der Waals surface area (Å²) in [5.74, 6) is 0.699. The Hall–Kier alpha value is -4.67. The number of benzene rings is 2. The molecular weight excluding hydrogens is 644 g/mol. The second-order valence-corrected chi connectivity index (χ2v) is 14.4. The molecule has 0 saturated carbocycles. The van der Waals surface area contributed by atoms with Crippen molar-refractivity contribution in [3.63, 3.8) is 0 Å². The maximum absolute atomic E-state index is 15.0. The van der Waals surface area contributed by atoms with Gasteiger partial charge in [-0.15, -0.1) is 0 Å². The summed E-state index contributed by atoms with van der Waals surface area (Å²) in [6.07, 6.45) is 5.49. The normalized spacial score (nSPS) is 20.5. The van der Waals surface area contributed by atoms with E-state index >= 15 is 4.79 Å². The topological polar surface area (TPSA) is 145 Å². The van der Waals surface area contributed by atoms with Gasteiger partial charge in [0.05, 0.1) is 41.5 Å². The number of aromatic nitrogens is 1. The van der Waals surface area contributed by atoms with Gasteiger partial charge in [0.2, 0.25) is 5.88 Å². The van der Waals surface area contributed by atoms with Crippen molar-refractivity contribution in [3.8, 4) is 17.7 Å². The first-order valence-corrected chi connectivity index (χ1v) is 18.3. The van der Waals surface area contributed by atoms with Crippen LogP contribution in [0.4, 0.5) is 10.5 Å². The van der Waals surface area contributed by atoms with Gasteiger partial charge in [0.15, 0.2) is 5.54 Å². The molecule has 3 aliphatic heterocycles. The Morgan fingerprint density at radius 1 is 1.00 bits per heavy atom. The number of hydrogen-bond acceptors (Lipinski definition) is 9. The van der Waals surface area contributed by atoms with Crippen molar-refractivity contribution in [2.24, 2.45) is 11.8 Å². The number of pyridine rings is 1. The van der Waals surface area contributed by atoms with Crippen molar-refractivity contribution >= 4 is 27.6 Å². The molecule has 258 valence electrons. The second kappa shape index (κ2) is 14.1. The van der Waals surface area contributed by atoms with Crippen LogP contribution in [0.5, 0.6) is 11.6 Å². The first-order valence-electron chi connectivity index (χ1n) is 16.8. The summed E-state index contributed by atoms with van der Waals surface area (Å²) < 4.78 is 40.5. The molecule has 1 N–H and O–H groups in total. The molecule has 1 atom stereocenters. The molecule has 2 saturated heterocycles. The minimum Gasteiger partial charge on any atom is -0.497 e. The zero-order valence-electron chi connectivity index (χ0n) is 28.1. The number of urea groups is 1. The number of anilines is 1. The van der Waals surface area contributed by atoms with Crippen LogP contribution >= 0.6 is 0 Å². The highest BCUT2D eigenvalue weighted by Gasteiger charge is 2.59. The first-order chi connectivity index (χ1) is 23.7. The number of nitrogens with one attached hydrogen (secondary N) is 1. The van der Waals surface area contributed by atoms with Gasteiger partial charge in [-0.05, 0) is 119 Å². The van der Waals surface area contributed by atoms with Crippen LogP contribution in [0.3, 0.4) is 0 Å². The average Bonchev–Trinajstić information content (AvgIpc) is 3.39. The average molecular weight is 687 g/mol. The fourth-order valence-corrected chi connectivity index (χ4v) is 8.95. The summed E-state index contributed by atoms with van der Waals surface area (Å²) in [5, 5.41) is 12.9. The number of methoxy groups -OCH3 is 1. The summed E-state index contributed by atoms with van der Waals surface area (Å²) in [7, 11) is -3.05. The Morgan fingerprint density at radius 2 is 1.67 bits per heavy atom. The van der Waals surface area contributed by atoms with Crippen molar-refractivity contribution in [2.45, 2.75) is 50.0 Å². The zero-order valence-corrected chi connectivity index (χ0v) is 28.9. The predicted molar refractivity (Wildman–Crippen MR) is 183 cm³/mol. The molecule has 1 aromatic heterocycles. The molecule has 0 aliphatic carbocycles. The van der Waals surface area contributed by atoms with E-state index in [2.05, 4.69) is 28.2 Å². The first kappa shape index (κ1) is 34.2. The lowest BCUT2D eigenvalue weighted by Crippen LogP contribution is -2.58. The number of sulfonamides is 1. The third kappa shape index (κ3) is 6.19. The highest BCUT2D eigenvalue weighted by molar-refractivity contribution is 7.93. The number of carbonyl (C=O) groups is 2. The summed E-state index contributed by atoms with van der Waals surface area (Å²) in [4.78, 5) is 37.7. The van der Waals surface area contributed by atoms with E-state index in [0.717, 1.165) is 45.3 Å². The Kier molecular flexibility index (Phi) is 9.81. The summed E-state index contributed by atoms with van der Waals surface area (Å²) >= 11 is 0. The molecule has 3 aliphatic rings. The second-order valence-electron chi connectivity index (χ2n) is 12.7. The van der Waals surface area contributed by atoms with Crippen LogP contribution in [-0.4, -0.2) is 81.6 Å².